The first kappa shape index (κ1) is 12.9. The smallest absolute Gasteiger partial charge is 0.0756 e. The minimum atomic E-state index is 0.377. The molecule has 1 fully saturated rings. The average molecular weight is 215 g/mol. The molecule has 3 nitrogen and oxygen atoms in total. The molecule has 0 aromatic heterocycles. The summed E-state index contributed by atoms with van der Waals surface area (Å²) >= 11 is 0. The van der Waals surface area contributed by atoms with Crippen molar-refractivity contribution in [1.82, 2.24) is 5.32 Å². The molecule has 1 aliphatic rings. The largest absolute Gasteiger partial charge is 0.385 e. The lowest BCUT2D eigenvalue weighted by Gasteiger charge is -2.30. The fraction of sp³-hybridized carbons (Fsp3) is 1.00. The fourth-order valence-corrected chi connectivity index (χ4v) is 2.43. The summed E-state index contributed by atoms with van der Waals surface area (Å²) in [6, 6.07) is 0.456. The maximum absolute atomic E-state index is 5.82. The van der Waals surface area contributed by atoms with Gasteiger partial charge < -0.3 is 14.8 Å². The second-order valence-corrected chi connectivity index (χ2v) is 4.67. The number of nitrogens with one attached hydrogen (secondary N) is 1. The highest BCUT2D eigenvalue weighted by Crippen LogP contribution is 2.27. The van der Waals surface area contributed by atoms with Gasteiger partial charge in [0.05, 0.1) is 6.10 Å². The van der Waals surface area contributed by atoms with Gasteiger partial charge in [-0.15, -0.1) is 0 Å². The van der Waals surface area contributed by atoms with Gasteiger partial charge in [-0.2, -0.15) is 0 Å². The second kappa shape index (κ2) is 6.46. The Morgan fingerprint density at radius 1 is 1.53 bits per heavy atom. The quantitative estimate of drug-likeness (QED) is 0.731. The van der Waals surface area contributed by atoms with Gasteiger partial charge in [-0.25, -0.2) is 0 Å². The van der Waals surface area contributed by atoms with Crippen molar-refractivity contribution in [1.29, 1.82) is 0 Å². The van der Waals surface area contributed by atoms with Gasteiger partial charge in [0.1, 0.15) is 0 Å². The van der Waals surface area contributed by atoms with Crippen LogP contribution in [-0.2, 0) is 9.47 Å². The SMILES string of the molecule is CNC(C(C)CCOC)C1OCCC1C. The van der Waals surface area contributed by atoms with Gasteiger partial charge in [0.25, 0.3) is 0 Å². The Bertz CT molecular complexity index is 175. The van der Waals surface area contributed by atoms with E-state index >= 15 is 0 Å². The molecule has 0 spiro atoms. The molecular formula is C12H25NO2. The number of hydrogen-bond donors (Lipinski definition) is 1. The van der Waals surface area contributed by atoms with E-state index in [0.717, 1.165) is 19.6 Å². The molecule has 1 heterocycles. The molecule has 4 unspecified atom stereocenters. The minimum absolute atomic E-state index is 0.377. The minimum Gasteiger partial charge on any atom is -0.385 e. The topological polar surface area (TPSA) is 30.5 Å². The van der Waals surface area contributed by atoms with Crippen LogP contribution in [0.2, 0.25) is 0 Å². The molecule has 0 aliphatic carbocycles. The summed E-state index contributed by atoms with van der Waals surface area (Å²) in [6.07, 6.45) is 2.66. The number of hydrogen-bond acceptors (Lipinski definition) is 3. The molecule has 0 aromatic rings. The predicted molar refractivity (Wildman–Crippen MR) is 62.0 cm³/mol. The van der Waals surface area contributed by atoms with E-state index in [1.54, 1.807) is 7.11 Å². The zero-order chi connectivity index (χ0) is 11.3. The maximum atomic E-state index is 5.82. The highest BCUT2D eigenvalue weighted by molar-refractivity contribution is 4.87. The van der Waals surface area contributed by atoms with Crippen LogP contribution in [0.25, 0.3) is 0 Å². The molecule has 0 aromatic carbocycles. The Hall–Kier alpha value is -0.120. The second-order valence-electron chi connectivity index (χ2n) is 4.67. The Balaban J connectivity index is 2.46. The first-order chi connectivity index (χ1) is 7.20. The van der Waals surface area contributed by atoms with Crippen LogP contribution in [0.4, 0.5) is 0 Å². The van der Waals surface area contributed by atoms with Crippen LogP contribution in [0.1, 0.15) is 26.7 Å². The van der Waals surface area contributed by atoms with E-state index in [9.17, 15) is 0 Å². The van der Waals surface area contributed by atoms with Crippen LogP contribution < -0.4 is 5.32 Å². The highest BCUT2D eigenvalue weighted by atomic mass is 16.5. The van der Waals surface area contributed by atoms with E-state index in [4.69, 9.17) is 9.47 Å². The molecule has 0 radical (unpaired) electrons. The van der Waals surface area contributed by atoms with Crippen LogP contribution in [0.15, 0.2) is 0 Å². The maximum Gasteiger partial charge on any atom is 0.0756 e. The molecule has 90 valence electrons. The third-order valence-corrected chi connectivity index (χ3v) is 3.52. The summed E-state index contributed by atoms with van der Waals surface area (Å²) < 4.78 is 10.9. The van der Waals surface area contributed by atoms with Crippen molar-refractivity contribution < 1.29 is 9.47 Å². The van der Waals surface area contributed by atoms with Crippen molar-refractivity contribution >= 4 is 0 Å². The first-order valence-corrected chi connectivity index (χ1v) is 5.98. The van der Waals surface area contributed by atoms with Crippen LogP contribution >= 0.6 is 0 Å². The van der Waals surface area contributed by atoms with Gasteiger partial charge in [-0.05, 0) is 31.7 Å². The summed E-state index contributed by atoms with van der Waals surface area (Å²) in [5, 5.41) is 3.40. The van der Waals surface area contributed by atoms with E-state index in [1.165, 1.54) is 6.42 Å². The Labute approximate surface area is 93.5 Å². The lowest BCUT2D eigenvalue weighted by atomic mass is 9.88. The van der Waals surface area contributed by atoms with Gasteiger partial charge in [0, 0.05) is 26.4 Å². The molecule has 4 atom stereocenters. The summed E-state index contributed by atoms with van der Waals surface area (Å²) in [6.45, 7) is 6.31. The van der Waals surface area contributed by atoms with Crippen molar-refractivity contribution in [2.75, 3.05) is 27.4 Å². The molecule has 0 bridgehead atoms. The third kappa shape index (κ3) is 3.44. The predicted octanol–water partition coefficient (Wildman–Crippen LogP) is 1.67. The van der Waals surface area contributed by atoms with Gasteiger partial charge >= 0.3 is 0 Å². The van der Waals surface area contributed by atoms with E-state index in [0.29, 0.717) is 24.0 Å². The summed E-state index contributed by atoms with van der Waals surface area (Å²) in [5.41, 5.74) is 0. The van der Waals surface area contributed by atoms with E-state index in [2.05, 4.69) is 19.2 Å². The van der Waals surface area contributed by atoms with Crippen LogP contribution in [0.5, 0.6) is 0 Å². The van der Waals surface area contributed by atoms with Crippen LogP contribution in [0.3, 0.4) is 0 Å². The van der Waals surface area contributed by atoms with E-state index in [1.807, 2.05) is 7.05 Å². The highest BCUT2D eigenvalue weighted by Gasteiger charge is 2.33. The van der Waals surface area contributed by atoms with Crippen molar-refractivity contribution in [3.63, 3.8) is 0 Å². The molecule has 3 heteroatoms. The van der Waals surface area contributed by atoms with E-state index in [-0.39, 0.29) is 0 Å². The molecule has 0 amide bonds. The number of methoxy groups -OCH3 is 1. The molecule has 1 aliphatic heterocycles. The third-order valence-electron chi connectivity index (χ3n) is 3.52. The molecule has 15 heavy (non-hydrogen) atoms. The van der Waals surface area contributed by atoms with E-state index < -0.39 is 0 Å². The molecule has 0 saturated carbocycles. The average Bonchev–Trinajstić information content (AvgIpc) is 2.63. The van der Waals surface area contributed by atoms with Crippen molar-refractivity contribution in [3.05, 3.63) is 0 Å². The molecule has 1 saturated heterocycles. The van der Waals surface area contributed by atoms with Crippen molar-refractivity contribution in [2.45, 2.75) is 38.8 Å². The number of ether oxygens (including phenoxy) is 2. The Morgan fingerprint density at radius 3 is 2.73 bits per heavy atom. The Kier molecular flexibility index (Phi) is 5.58. The summed E-state index contributed by atoms with van der Waals surface area (Å²) in [4.78, 5) is 0. The van der Waals surface area contributed by atoms with Crippen LogP contribution in [0, 0.1) is 11.8 Å². The lowest BCUT2D eigenvalue weighted by Crippen LogP contribution is -2.45. The fourth-order valence-electron chi connectivity index (χ4n) is 2.43. The van der Waals surface area contributed by atoms with Crippen molar-refractivity contribution in [3.8, 4) is 0 Å². The van der Waals surface area contributed by atoms with Gasteiger partial charge in [-0.1, -0.05) is 13.8 Å². The number of rotatable bonds is 6. The summed E-state index contributed by atoms with van der Waals surface area (Å²) in [5.74, 6) is 1.27. The zero-order valence-corrected chi connectivity index (χ0v) is 10.5. The monoisotopic (exact) mass is 215 g/mol. The first-order valence-electron chi connectivity index (χ1n) is 5.98. The van der Waals surface area contributed by atoms with Gasteiger partial charge in [-0.3, -0.25) is 0 Å². The molecule has 1 N–H and O–H groups in total. The van der Waals surface area contributed by atoms with Gasteiger partial charge in [0.2, 0.25) is 0 Å². The molecular weight excluding hydrogens is 190 g/mol. The zero-order valence-electron chi connectivity index (χ0n) is 10.5. The van der Waals surface area contributed by atoms with Gasteiger partial charge in [0.15, 0.2) is 0 Å². The van der Waals surface area contributed by atoms with Crippen molar-refractivity contribution in [2.24, 2.45) is 11.8 Å². The van der Waals surface area contributed by atoms with Crippen LogP contribution in [-0.4, -0.2) is 39.5 Å². The standard InChI is InChI=1S/C12H25NO2/c1-9(5-7-14-4)11(13-3)12-10(2)6-8-15-12/h9-13H,5-8H2,1-4H3. The molecule has 1 rings (SSSR count). The number of likely N-dealkylation sites (N-methyl/N-ethyl adjacent to an activating group) is 1. The summed E-state index contributed by atoms with van der Waals surface area (Å²) in [7, 11) is 3.79. The normalized spacial score (nSPS) is 30.4. The lowest BCUT2D eigenvalue weighted by molar-refractivity contribution is 0.0398. The Morgan fingerprint density at radius 2 is 2.27 bits per heavy atom.